The van der Waals surface area contributed by atoms with E-state index in [2.05, 4.69) is 6.92 Å². The summed E-state index contributed by atoms with van der Waals surface area (Å²) in [7, 11) is -1.68. The molecule has 1 aromatic rings. The summed E-state index contributed by atoms with van der Waals surface area (Å²) in [5.41, 5.74) is 0.445. The maximum absolute atomic E-state index is 12.6. The van der Waals surface area contributed by atoms with Crippen molar-refractivity contribution in [3.8, 4) is 0 Å². The van der Waals surface area contributed by atoms with Crippen molar-refractivity contribution in [2.24, 2.45) is 5.92 Å². The molecule has 0 spiro atoms. The predicted molar refractivity (Wildman–Crippen MR) is 88.7 cm³/mol. The van der Waals surface area contributed by atoms with Crippen molar-refractivity contribution in [3.63, 3.8) is 0 Å². The number of carbonyl (C=O) groups excluding carboxylic acids is 1. The van der Waals surface area contributed by atoms with Gasteiger partial charge in [-0.3, -0.25) is 4.79 Å². The van der Waals surface area contributed by atoms with E-state index in [1.54, 1.807) is 30.1 Å². The second-order valence-corrected chi connectivity index (χ2v) is 8.57. The van der Waals surface area contributed by atoms with Crippen LogP contribution in [0.4, 0.5) is 0 Å². The Kier molecular flexibility index (Phi) is 4.47. The van der Waals surface area contributed by atoms with E-state index < -0.39 is 10.0 Å². The average Bonchev–Trinajstić information content (AvgIpc) is 3.26. The van der Waals surface area contributed by atoms with Crippen LogP contribution in [0.5, 0.6) is 0 Å². The zero-order chi connectivity index (χ0) is 16.6. The minimum Gasteiger partial charge on any atom is -0.339 e. The summed E-state index contributed by atoms with van der Waals surface area (Å²) in [6.45, 7) is 3.19. The minimum atomic E-state index is -3.48. The van der Waals surface area contributed by atoms with Gasteiger partial charge in [0.15, 0.2) is 0 Å². The van der Waals surface area contributed by atoms with Crippen molar-refractivity contribution in [3.05, 3.63) is 29.8 Å². The number of sulfonamides is 1. The van der Waals surface area contributed by atoms with Gasteiger partial charge in [-0.05, 0) is 56.7 Å². The van der Waals surface area contributed by atoms with E-state index in [0.29, 0.717) is 24.6 Å². The summed E-state index contributed by atoms with van der Waals surface area (Å²) in [6, 6.07) is 6.65. The smallest absolute Gasteiger partial charge is 0.253 e. The van der Waals surface area contributed by atoms with Gasteiger partial charge < -0.3 is 4.90 Å². The first-order valence-electron chi connectivity index (χ1n) is 8.28. The third-order valence-corrected chi connectivity index (χ3v) is 6.91. The van der Waals surface area contributed by atoms with E-state index >= 15 is 0 Å². The molecule has 0 N–H and O–H groups in total. The standard InChI is InChI=1S/C17H24N2O3S/c1-13(14-8-9-14)18(2)17(20)15-6-5-7-16(12-15)23(21,22)19-10-3-4-11-19/h5-7,12-14H,3-4,8-11H2,1-2H3/t13-/m1/s1. The van der Waals surface area contributed by atoms with Gasteiger partial charge in [-0.1, -0.05) is 6.07 Å². The highest BCUT2D eigenvalue weighted by atomic mass is 32.2. The Bertz CT molecular complexity index is 692. The first-order valence-corrected chi connectivity index (χ1v) is 9.72. The lowest BCUT2D eigenvalue weighted by Gasteiger charge is -2.25. The van der Waals surface area contributed by atoms with Crippen molar-refractivity contribution in [2.45, 2.75) is 43.5 Å². The van der Waals surface area contributed by atoms with Gasteiger partial charge >= 0.3 is 0 Å². The Morgan fingerprint density at radius 2 is 1.91 bits per heavy atom. The molecule has 1 aromatic carbocycles. The molecule has 0 radical (unpaired) electrons. The highest BCUT2D eigenvalue weighted by molar-refractivity contribution is 7.89. The lowest BCUT2D eigenvalue weighted by atomic mass is 10.1. The molecule has 1 heterocycles. The quantitative estimate of drug-likeness (QED) is 0.829. The van der Waals surface area contributed by atoms with E-state index in [-0.39, 0.29) is 16.8 Å². The molecule has 1 saturated carbocycles. The van der Waals surface area contributed by atoms with Crippen LogP contribution in [-0.4, -0.2) is 49.7 Å². The number of amides is 1. The Morgan fingerprint density at radius 3 is 2.52 bits per heavy atom. The topological polar surface area (TPSA) is 57.7 Å². The van der Waals surface area contributed by atoms with Crippen LogP contribution in [0.1, 0.15) is 43.0 Å². The summed E-state index contributed by atoms with van der Waals surface area (Å²) in [5, 5.41) is 0. The van der Waals surface area contributed by atoms with Gasteiger partial charge in [0.25, 0.3) is 5.91 Å². The molecular weight excluding hydrogens is 312 g/mol. The lowest BCUT2D eigenvalue weighted by molar-refractivity contribution is 0.0727. The van der Waals surface area contributed by atoms with Gasteiger partial charge in [0.1, 0.15) is 0 Å². The zero-order valence-corrected chi connectivity index (χ0v) is 14.6. The van der Waals surface area contributed by atoms with Gasteiger partial charge in [0.2, 0.25) is 10.0 Å². The molecule has 2 aliphatic rings. The maximum atomic E-state index is 12.6. The molecule has 23 heavy (non-hydrogen) atoms. The van der Waals surface area contributed by atoms with E-state index in [0.717, 1.165) is 12.8 Å². The van der Waals surface area contributed by atoms with Crippen LogP contribution in [0.3, 0.4) is 0 Å². The van der Waals surface area contributed by atoms with Crippen LogP contribution in [0.2, 0.25) is 0 Å². The third-order valence-electron chi connectivity index (χ3n) is 5.02. The molecule has 2 fully saturated rings. The molecule has 1 amide bonds. The predicted octanol–water partition coefficient (Wildman–Crippen LogP) is 2.34. The molecule has 0 bridgehead atoms. The largest absolute Gasteiger partial charge is 0.339 e. The molecule has 1 aliphatic carbocycles. The summed E-state index contributed by atoms with van der Waals surface area (Å²) < 4.78 is 26.8. The molecule has 3 rings (SSSR count). The highest BCUT2D eigenvalue weighted by Gasteiger charge is 2.33. The van der Waals surface area contributed by atoms with Crippen LogP contribution in [0.25, 0.3) is 0 Å². The molecule has 1 saturated heterocycles. The van der Waals surface area contributed by atoms with E-state index in [1.165, 1.54) is 23.2 Å². The lowest BCUT2D eigenvalue weighted by Crippen LogP contribution is -2.36. The molecule has 0 aromatic heterocycles. The molecule has 1 atom stereocenters. The van der Waals surface area contributed by atoms with Gasteiger partial charge in [0, 0.05) is 31.7 Å². The normalized spacial score (nSPS) is 20.4. The molecule has 1 aliphatic heterocycles. The van der Waals surface area contributed by atoms with Crippen LogP contribution < -0.4 is 0 Å². The molecule has 126 valence electrons. The number of benzene rings is 1. The summed E-state index contributed by atoms with van der Waals surface area (Å²) in [4.78, 5) is 14.6. The number of hydrogen-bond donors (Lipinski definition) is 0. The highest BCUT2D eigenvalue weighted by Crippen LogP contribution is 2.35. The van der Waals surface area contributed by atoms with Crippen molar-refractivity contribution < 1.29 is 13.2 Å². The molecule has 5 nitrogen and oxygen atoms in total. The third kappa shape index (κ3) is 3.28. The number of hydrogen-bond acceptors (Lipinski definition) is 3. The number of carbonyl (C=O) groups is 1. The van der Waals surface area contributed by atoms with Crippen LogP contribution in [0.15, 0.2) is 29.2 Å². The monoisotopic (exact) mass is 336 g/mol. The number of rotatable bonds is 5. The minimum absolute atomic E-state index is 0.108. The van der Waals surface area contributed by atoms with Crippen LogP contribution in [0, 0.1) is 5.92 Å². The van der Waals surface area contributed by atoms with E-state index in [4.69, 9.17) is 0 Å². The van der Waals surface area contributed by atoms with Crippen LogP contribution in [-0.2, 0) is 10.0 Å². The van der Waals surface area contributed by atoms with Gasteiger partial charge in [-0.15, -0.1) is 0 Å². The Hall–Kier alpha value is -1.40. The second kappa shape index (κ2) is 6.24. The SMILES string of the molecule is C[C@H](C1CC1)N(C)C(=O)c1cccc(S(=O)(=O)N2CCCC2)c1. The van der Waals surface area contributed by atoms with Crippen LogP contribution >= 0.6 is 0 Å². The van der Waals surface area contributed by atoms with Crippen molar-refractivity contribution >= 4 is 15.9 Å². The summed E-state index contributed by atoms with van der Waals surface area (Å²) in [6.07, 6.45) is 4.14. The molecule has 6 heteroatoms. The summed E-state index contributed by atoms with van der Waals surface area (Å²) in [5.74, 6) is 0.475. The van der Waals surface area contributed by atoms with Crippen molar-refractivity contribution in [2.75, 3.05) is 20.1 Å². The number of nitrogens with zero attached hydrogens (tertiary/aromatic N) is 2. The Labute approximate surface area is 138 Å². The fourth-order valence-corrected chi connectivity index (χ4v) is 4.71. The molecule has 0 unspecified atom stereocenters. The van der Waals surface area contributed by atoms with Gasteiger partial charge in [0.05, 0.1) is 4.90 Å². The first-order chi connectivity index (χ1) is 10.9. The Balaban J connectivity index is 1.83. The Morgan fingerprint density at radius 1 is 1.26 bits per heavy atom. The van der Waals surface area contributed by atoms with Gasteiger partial charge in [-0.25, -0.2) is 8.42 Å². The molecular formula is C17H24N2O3S. The average molecular weight is 336 g/mol. The van der Waals surface area contributed by atoms with Crippen molar-refractivity contribution in [1.82, 2.24) is 9.21 Å². The van der Waals surface area contributed by atoms with Crippen molar-refractivity contribution in [1.29, 1.82) is 0 Å². The zero-order valence-electron chi connectivity index (χ0n) is 13.7. The second-order valence-electron chi connectivity index (χ2n) is 6.63. The summed E-state index contributed by atoms with van der Waals surface area (Å²) >= 11 is 0. The van der Waals surface area contributed by atoms with Gasteiger partial charge in [-0.2, -0.15) is 4.31 Å². The first kappa shape index (κ1) is 16.5. The fraction of sp³-hybridized carbons (Fsp3) is 0.588. The fourth-order valence-electron chi connectivity index (χ4n) is 3.15. The maximum Gasteiger partial charge on any atom is 0.253 e. The van der Waals surface area contributed by atoms with E-state index in [9.17, 15) is 13.2 Å². The van der Waals surface area contributed by atoms with E-state index in [1.807, 2.05) is 0 Å².